The molecule has 0 spiro atoms. The number of hydrogen-bond acceptors (Lipinski definition) is 7. The minimum Gasteiger partial charge on any atom is -0.497 e. The highest BCUT2D eigenvalue weighted by atomic mass is 35.5. The van der Waals surface area contributed by atoms with Crippen molar-refractivity contribution in [3.63, 3.8) is 0 Å². The smallest absolute Gasteiger partial charge is 0.303 e. The molecule has 1 aliphatic rings. The summed E-state index contributed by atoms with van der Waals surface area (Å²) in [4.78, 5) is 31.4. The van der Waals surface area contributed by atoms with E-state index in [-0.39, 0.29) is 18.9 Å². The van der Waals surface area contributed by atoms with Crippen LogP contribution in [0.15, 0.2) is 61.2 Å². The van der Waals surface area contributed by atoms with E-state index in [9.17, 15) is 9.59 Å². The Morgan fingerprint density at radius 2 is 1.98 bits per heavy atom. The number of methoxy groups -OCH3 is 1. The maximum atomic E-state index is 14.5. The molecule has 0 aliphatic carbocycles. The Morgan fingerprint density at radius 3 is 2.71 bits per heavy atom. The molecule has 42 heavy (non-hydrogen) atoms. The number of nitrogens with zero attached hydrogens (tertiary/aromatic N) is 4. The molecule has 1 aromatic heterocycles. The number of ether oxygens (including phenoxy) is 2. The van der Waals surface area contributed by atoms with Gasteiger partial charge in [0.15, 0.2) is 0 Å². The molecular formula is C31H32ClN5O5. The van der Waals surface area contributed by atoms with Gasteiger partial charge in [-0.15, -0.1) is 0 Å². The average molecular weight is 590 g/mol. The van der Waals surface area contributed by atoms with Crippen LogP contribution in [0, 0.1) is 13.8 Å². The normalized spacial score (nSPS) is 13.0. The molecule has 1 unspecified atom stereocenters. The number of carboxylic acid groups (broad SMARTS) is 1. The Morgan fingerprint density at radius 1 is 1.14 bits per heavy atom. The molecule has 2 heterocycles. The van der Waals surface area contributed by atoms with Gasteiger partial charge < -0.3 is 24.8 Å². The van der Waals surface area contributed by atoms with Crippen molar-refractivity contribution in [1.29, 1.82) is 0 Å². The van der Waals surface area contributed by atoms with Crippen LogP contribution in [0.1, 0.15) is 41.1 Å². The number of nitrogens with one attached hydrogen (secondary N) is 1. The number of amides is 1. The molecule has 11 heteroatoms. The molecule has 0 saturated carbocycles. The monoisotopic (exact) mass is 589 g/mol. The topological polar surface area (TPSA) is 119 Å². The van der Waals surface area contributed by atoms with Gasteiger partial charge in [-0.2, -0.15) is 5.10 Å². The number of aryl methyl sites for hydroxylation is 2. The van der Waals surface area contributed by atoms with E-state index in [4.69, 9.17) is 26.2 Å². The van der Waals surface area contributed by atoms with Gasteiger partial charge in [-0.05, 0) is 67.6 Å². The fraction of sp³-hybridized carbons (Fsp3) is 0.290. The van der Waals surface area contributed by atoms with Crippen LogP contribution in [0.25, 0.3) is 5.69 Å². The third-order valence-corrected chi connectivity index (χ3v) is 7.42. The Balaban J connectivity index is 1.56. The first-order valence-electron chi connectivity index (χ1n) is 13.6. The number of hydrogen-bond donors (Lipinski definition) is 2. The summed E-state index contributed by atoms with van der Waals surface area (Å²) in [7, 11) is 1.57. The van der Waals surface area contributed by atoms with Crippen molar-refractivity contribution in [1.82, 2.24) is 14.8 Å². The van der Waals surface area contributed by atoms with Gasteiger partial charge in [-0.3, -0.25) is 9.59 Å². The van der Waals surface area contributed by atoms with Gasteiger partial charge in [0.05, 0.1) is 19.4 Å². The predicted octanol–water partition coefficient (Wildman–Crippen LogP) is 5.53. The van der Waals surface area contributed by atoms with Crippen molar-refractivity contribution in [2.45, 2.75) is 39.2 Å². The van der Waals surface area contributed by atoms with Crippen molar-refractivity contribution in [2.24, 2.45) is 0 Å². The SMILES string of the molecule is COc1cc(NC(C(=O)N2CCc3c(C)cc(C)cc32)c2ccc(Cl)cc2OCCCC(=O)O)cc(-n2cncn2)c1. The fourth-order valence-electron chi connectivity index (χ4n) is 5.24. The van der Waals surface area contributed by atoms with Crippen LogP contribution in [0.3, 0.4) is 0 Å². The van der Waals surface area contributed by atoms with E-state index >= 15 is 0 Å². The zero-order valence-electron chi connectivity index (χ0n) is 23.6. The van der Waals surface area contributed by atoms with E-state index in [2.05, 4.69) is 28.4 Å². The van der Waals surface area contributed by atoms with Crippen LogP contribution in [-0.2, 0) is 16.0 Å². The van der Waals surface area contributed by atoms with Crippen LogP contribution < -0.4 is 19.7 Å². The summed E-state index contributed by atoms with van der Waals surface area (Å²) < 4.78 is 13.2. The van der Waals surface area contributed by atoms with E-state index in [0.29, 0.717) is 46.4 Å². The number of aliphatic carboxylic acids is 1. The summed E-state index contributed by atoms with van der Waals surface area (Å²) in [6.45, 7) is 4.79. The van der Waals surface area contributed by atoms with E-state index < -0.39 is 12.0 Å². The van der Waals surface area contributed by atoms with Crippen molar-refractivity contribution < 1.29 is 24.2 Å². The second-order valence-electron chi connectivity index (χ2n) is 10.2. The number of fused-ring (bicyclic) bond motifs is 1. The molecule has 10 nitrogen and oxygen atoms in total. The molecule has 0 fully saturated rings. The molecule has 1 atom stereocenters. The Bertz CT molecular complexity index is 1610. The van der Waals surface area contributed by atoms with Gasteiger partial charge >= 0.3 is 5.97 Å². The van der Waals surface area contributed by atoms with Crippen LogP contribution in [0.2, 0.25) is 5.02 Å². The van der Waals surface area contributed by atoms with E-state index in [1.807, 2.05) is 30.0 Å². The molecule has 1 aliphatic heterocycles. The van der Waals surface area contributed by atoms with E-state index in [1.165, 1.54) is 6.33 Å². The van der Waals surface area contributed by atoms with E-state index in [0.717, 1.165) is 28.8 Å². The molecule has 0 saturated heterocycles. The summed E-state index contributed by atoms with van der Waals surface area (Å²) in [5.41, 5.74) is 6.17. The minimum absolute atomic E-state index is 0.0331. The largest absolute Gasteiger partial charge is 0.497 e. The highest BCUT2D eigenvalue weighted by molar-refractivity contribution is 6.30. The Labute approximate surface area is 248 Å². The number of aromatic nitrogens is 3. The number of anilines is 2. The summed E-state index contributed by atoms with van der Waals surface area (Å²) >= 11 is 6.35. The average Bonchev–Trinajstić information content (AvgIpc) is 3.65. The number of rotatable bonds is 11. The standard InChI is InChI=1S/C31H32ClN5O5/c1-19-11-20(2)25-8-9-36(27(25)12-19)31(40)30(26-7-6-21(32)13-28(26)42-10-4-5-29(38)39)35-22-14-23(16-24(15-22)41-3)37-18-33-17-34-37/h6-7,11-18,30,35H,4-5,8-10H2,1-3H3,(H,38,39). The van der Waals surface area contributed by atoms with Gasteiger partial charge in [-0.1, -0.05) is 23.7 Å². The third-order valence-electron chi connectivity index (χ3n) is 7.18. The van der Waals surface area contributed by atoms with Gasteiger partial charge in [0, 0.05) is 47.1 Å². The Hall–Kier alpha value is -4.57. The number of carbonyl (C=O) groups is 2. The second kappa shape index (κ2) is 12.5. The number of carbonyl (C=O) groups excluding carboxylic acids is 1. The lowest BCUT2D eigenvalue weighted by atomic mass is 10.0. The molecule has 218 valence electrons. The van der Waals surface area contributed by atoms with Crippen molar-refractivity contribution in [2.75, 3.05) is 30.5 Å². The molecule has 5 rings (SSSR count). The molecular weight excluding hydrogens is 558 g/mol. The van der Waals surface area contributed by atoms with Gasteiger partial charge in [-0.25, -0.2) is 9.67 Å². The highest BCUT2D eigenvalue weighted by Gasteiger charge is 2.34. The van der Waals surface area contributed by atoms with Gasteiger partial charge in [0.1, 0.15) is 30.2 Å². The zero-order valence-corrected chi connectivity index (χ0v) is 24.4. The van der Waals surface area contributed by atoms with Crippen molar-refractivity contribution in [3.05, 3.63) is 88.5 Å². The number of benzene rings is 3. The first kappa shape index (κ1) is 28.9. The molecule has 1 amide bonds. The number of halogens is 1. The second-order valence-corrected chi connectivity index (χ2v) is 10.6. The highest BCUT2D eigenvalue weighted by Crippen LogP contribution is 2.38. The summed E-state index contributed by atoms with van der Waals surface area (Å²) in [6.07, 6.45) is 4.05. The maximum absolute atomic E-state index is 14.5. The summed E-state index contributed by atoms with van der Waals surface area (Å²) in [5.74, 6) is -0.102. The van der Waals surface area contributed by atoms with Gasteiger partial charge in [0.2, 0.25) is 0 Å². The molecule has 0 bridgehead atoms. The zero-order chi connectivity index (χ0) is 29.8. The lowest BCUT2D eigenvalue weighted by molar-refractivity contribution is -0.137. The molecule has 4 aromatic rings. The lowest BCUT2D eigenvalue weighted by Gasteiger charge is -2.28. The van der Waals surface area contributed by atoms with Crippen molar-refractivity contribution >= 4 is 34.9 Å². The molecule has 2 N–H and O–H groups in total. The summed E-state index contributed by atoms with van der Waals surface area (Å²) in [6, 6.07) is 13.9. The first-order chi connectivity index (χ1) is 20.2. The lowest BCUT2D eigenvalue weighted by Crippen LogP contribution is -2.37. The Kier molecular flexibility index (Phi) is 8.63. The van der Waals surface area contributed by atoms with Crippen LogP contribution in [-0.4, -0.2) is 52.0 Å². The third kappa shape index (κ3) is 6.33. The van der Waals surface area contributed by atoms with Gasteiger partial charge in [0.25, 0.3) is 5.91 Å². The molecule has 3 aromatic carbocycles. The van der Waals surface area contributed by atoms with Crippen LogP contribution in [0.4, 0.5) is 11.4 Å². The fourth-order valence-corrected chi connectivity index (χ4v) is 5.41. The first-order valence-corrected chi connectivity index (χ1v) is 14.0. The van der Waals surface area contributed by atoms with Crippen LogP contribution >= 0.6 is 11.6 Å². The minimum atomic E-state index is -0.904. The number of carboxylic acids is 1. The quantitative estimate of drug-likeness (QED) is 0.219. The maximum Gasteiger partial charge on any atom is 0.303 e. The van der Waals surface area contributed by atoms with Crippen molar-refractivity contribution in [3.8, 4) is 17.2 Å². The van der Waals surface area contributed by atoms with Crippen LogP contribution in [0.5, 0.6) is 11.5 Å². The van der Waals surface area contributed by atoms with E-state index in [1.54, 1.807) is 42.4 Å². The molecule has 0 radical (unpaired) electrons. The predicted molar refractivity (Wildman–Crippen MR) is 160 cm³/mol. The summed E-state index contributed by atoms with van der Waals surface area (Å²) in [5, 5.41) is 17.1.